The molecule has 3 aliphatic rings. The van der Waals surface area contributed by atoms with Crippen LogP contribution in [-0.2, 0) is 28.5 Å². The molecule has 0 saturated carbocycles. The van der Waals surface area contributed by atoms with E-state index in [1.165, 1.54) is 27.7 Å². The highest BCUT2D eigenvalue weighted by Gasteiger charge is 2.52. The van der Waals surface area contributed by atoms with Crippen LogP contribution in [0.5, 0.6) is 0 Å². The topological polar surface area (TPSA) is 217 Å². The lowest BCUT2D eigenvalue weighted by Gasteiger charge is -2.47. The van der Waals surface area contributed by atoms with Crippen LogP contribution in [0, 0.1) is 0 Å². The summed E-state index contributed by atoms with van der Waals surface area (Å²) in [4.78, 5) is 11.4. The van der Waals surface area contributed by atoms with Gasteiger partial charge in [0, 0.05) is 6.92 Å². The molecule has 3 rings (SSSR count). The van der Waals surface area contributed by atoms with Crippen molar-refractivity contribution in [1.82, 2.24) is 5.32 Å². The second-order valence-corrected chi connectivity index (χ2v) is 9.02. The van der Waals surface area contributed by atoms with Crippen molar-refractivity contribution < 1.29 is 64.2 Å². The van der Waals surface area contributed by atoms with Crippen LogP contribution in [0.25, 0.3) is 0 Å². The molecule has 0 bridgehead atoms. The molecular weight excluding hydrogens is 462 g/mol. The van der Waals surface area contributed by atoms with Gasteiger partial charge in [-0.2, -0.15) is 0 Å². The number of nitrogens with one attached hydrogen (secondary N) is 1. The van der Waals surface area contributed by atoms with Gasteiger partial charge in [-0.05, 0) is 20.8 Å². The molecule has 15 atom stereocenters. The first-order valence-corrected chi connectivity index (χ1v) is 11.1. The van der Waals surface area contributed by atoms with Crippen LogP contribution in [0.4, 0.5) is 0 Å². The summed E-state index contributed by atoms with van der Waals surface area (Å²) in [5, 5.41) is 74.6. The Bertz CT molecular complexity index is 699. The number of hydrogen-bond acceptors (Lipinski definition) is 13. The van der Waals surface area contributed by atoms with E-state index in [2.05, 4.69) is 5.32 Å². The van der Waals surface area contributed by atoms with Gasteiger partial charge in [0.1, 0.15) is 48.8 Å². The van der Waals surface area contributed by atoms with Gasteiger partial charge in [0.25, 0.3) is 0 Å². The van der Waals surface area contributed by atoms with Crippen LogP contribution in [0.15, 0.2) is 0 Å². The van der Waals surface area contributed by atoms with E-state index < -0.39 is 98.0 Å². The van der Waals surface area contributed by atoms with Crippen LogP contribution >= 0.6 is 0 Å². The second kappa shape index (κ2) is 10.9. The van der Waals surface area contributed by atoms with Crippen LogP contribution in [0.3, 0.4) is 0 Å². The predicted molar refractivity (Wildman–Crippen MR) is 109 cm³/mol. The molecule has 198 valence electrons. The van der Waals surface area contributed by atoms with Gasteiger partial charge in [-0.3, -0.25) is 4.79 Å². The number of amides is 1. The summed E-state index contributed by atoms with van der Waals surface area (Å²) in [6, 6.07) is -0.922. The fourth-order valence-electron chi connectivity index (χ4n) is 4.36. The van der Waals surface area contributed by atoms with Crippen LogP contribution in [0.2, 0.25) is 0 Å². The van der Waals surface area contributed by atoms with E-state index in [1.54, 1.807) is 0 Å². The van der Waals surface area contributed by atoms with E-state index in [0.29, 0.717) is 0 Å². The van der Waals surface area contributed by atoms with Gasteiger partial charge >= 0.3 is 0 Å². The average molecular weight is 497 g/mol. The first-order chi connectivity index (χ1) is 15.8. The monoisotopic (exact) mass is 497 g/mol. The molecule has 15 unspecified atom stereocenters. The highest BCUT2D eigenvalue weighted by atomic mass is 16.7. The van der Waals surface area contributed by atoms with Gasteiger partial charge in [0.05, 0.1) is 24.4 Å². The summed E-state index contributed by atoms with van der Waals surface area (Å²) >= 11 is 0. The van der Waals surface area contributed by atoms with Gasteiger partial charge in [-0.25, -0.2) is 0 Å². The SMILES string of the molecule is CC(=O)NC1C(C)OC(OC2C(O)OC(C)C(OC3OC(C)C(O)C(O)C3O)C2O)C(O)C1O. The van der Waals surface area contributed by atoms with E-state index >= 15 is 0 Å². The maximum absolute atomic E-state index is 11.4. The smallest absolute Gasteiger partial charge is 0.217 e. The van der Waals surface area contributed by atoms with Gasteiger partial charge in [0.15, 0.2) is 18.9 Å². The highest BCUT2D eigenvalue weighted by Crippen LogP contribution is 2.32. The van der Waals surface area contributed by atoms with Crippen molar-refractivity contribution in [3.63, 3.8) is 0 Å². The molecule has 3 aliphatic heterocycles. The summed E-state index contributed by atoms with van der Waals surface area (Å²) in [5.41, 5.74) is 0. The molecule has 14 heteroatoms. The fourth-order valence-corrected chi connectivity index (χ4v) is 4.36. The standard InChI is InChI=1S/C20H35NO13/c1-5-9(21-8(4)22)11(24)13(26)19(31-5)34-17-15(28)16(7(3)30-18(17)29)33-20-14(27)12(25)10(23)6(2)32-20/h5-7,9-20,23-29H,1-4H3,(H,21,22). The Morgan fingerprint density at radius 3 is 1.76 bits per heavy atom. The van der Waals surface area contributed by atoms with Crippen molar-refractivity contribution in [1.29, 1.82) is 0 Å². The molecule has 8 N–H and O–H groups in total. The molecule has 0 aromatic rings. The summed E-state index contributed by atoms with van der Waals surface area (Å²) in [5.74, 6) is -0.439. The van der Waals surface area contributed by atoms with Gasteiger partial charge in [-0.15, -0.1) is 0 Å². The zero-order valence-electron chi connectivity index (χ0n) is 19.2. The minimum absolute atomic E-state index is 0.439. The molecular formula is C20H35NO13. The third kappa shape index (κ3) is 5.53. The first-order valence-electron chi connectivity index (χ1n) is 11.1. The number of ether oxygens (including phenoxy) is 5. The molecule has 3 saturated heterocycles. The maximum Gasteiger partial charge on any atom is 0.217 e. The number of carbonyl (C=O) groups excluding carboxylic acids is 1. The third-order valence-electron chi connectivity index (χ3n) is 6.38. The van der Waals surface area contributed by atoms with E-state index in [4.69, 9.17) is 23.7 Å². The fraction of sp³-hybridized carbons (Fsp3) is 0.950. The van der Waals surface area contributed by atoms with E-state index in [9.17, 15) is 40.5 Å². The van der Waals surface area contributed by atoms with E-state index in [-0.39, 0.29) is 0 Å². The Hall–Kier alpha value is -1.01. The van der Waals surface area contributed by atoms with Crippen molar-refractivity contribution in [2.24, 2.45) is 0 Å². The number of aliphatic hydroxyl groups excluding tert-OH is 7. The van der Waals surface area contributed by atoms with Crippen molar-refractivity contribution >= 4 is 5.91 Å². The Morgan fingerprint density at radius 1 is 0.647 bits per heavy atom. The molecule has 0 aromatic carbocycles. The molecule has 0 aliphatic carbocycles. The minimum Gasteiger partial charge on any atom is -0.388 e. The minimum atomic E-state index is -1.68. The molecule has 0 spiro atoms. The quantitative estimate of drug-likeness (QED) is 0.180. The van der Waals surface area contributed by atoms with Crippen molar-refractivity contribution in [2.45, 2.75) is 120 Å². The average Bonchev–Trinajstić information content (AvgIpc) is 2.76. The molecule has 1 amide bonds. The first kappa shape index (κ1) is 27.6. The van der Waals surface area contributed by atoms with Gasteiger partial charge in [0.2, 0.25) is 5.91 Å². The molecule has 3 fully saturated rings. The van der Waals surface area contributed by atoms with Gasteiger partial charge < -0.3 is 64.7 Å². The lowest BCUT2D eigenvalue weighted by Crippen LogP contribution is -2.66. The van der Waals surface area contributed by atoms with Crippen molar-refractivity contribution in [3.05, 3.63) is 0 Å². The molecule has 3 heterocycles. The number of rotatable bonds is 5. The Balaban J connectivity index is 1.70. The Morgan fingerprint density at radius 2 is 1.18 bits per heavy atom. The summed E-state index contributed by atoms with van der Waals surface area (Å²) in [6.07, 6.45) is -19.2. The third-order valence-corrected chi connectivity index (χ3v) is 6.38. The number of carbonyl (C=O) groups is 1. The lowest BCUT2D eigenvalue weighted by molar-refractivity contribution is -0.373. The van der Waals surface area contributed by atoms with Crippen LogP contribution in [-0.4, -0.2) is 134 Å². The number of hydrogen-bond donors (Lipinski definition) is 8. The Labute approximate surface area is 195 Å². The molecule has 14 nitrogen and oxygen atoms in total. The predicted octanol–water partition coefficient (Wildman–Crippen LogP) is -4.35. The summed E-state index contributed by atoms with van der Waals surface area (Å²) in [7, 11) is 0. The molecule has 0 aromatic heterocycles. The Kier molecular flexibility index (Phi) is 8.87. The second-order valence-electron chi connectivity index (χ2n) is 9.02. The zero-order valence-corrected chi connectivity index (χ0v) is 19.2. The van der Waals surface area contributed by atoms with Crippen LogP contribution in [0.1, 0.15) is 27.7 Å². The molecule has 0 radical (unpaired) electrons. The largest absolute Gasteiger partial charge is 0.388 e. The van der Waals surface area contributed by atoms with E-state index in [1.807, 2.05) is 0 Å². The number of aliphatic hydroxyl groups is 7. The normalized spacial score (nSPS) is 52.3. The maximum atomic E-state index is 11.4. The van der Waals surface area contributed by atoms with Crippen molar-refractivity contribution in [3.8, 4) is 0 Å². The zero-order chi connectivity index (χ0) is 25.5. The summed E-state index contributed by atoms with van der Waals surface area (Å²) in [6.45, 7) is 5.72. The highest BCUT2D eigenvalue weighted by molar-refractivity contribution is 5.73. The van der Waals surface area contributed by atoms with Gasteiger partial charge in [-0.1, -0.05) is 0 Å². The summed E-state index contributed by atoms with van der Waals surface area (Å²) < 4.78 is 27.6. The lowest BCUT2D eigenvalue weighted by atomic mass is 9.95. The van der Waals surface area contributed by atoms with E-state index in [0.717, 1.165) is 0 Å². The molecule has 34 heavy (non-hydrogen) atoms. The van der Waals surface area contributed by atoms with Crippen LogP contribution < -0.4 is 5.32 Å². The van der Waals surface area contributed by atoms with Crippen molar-refractivity contribution in [2.75, 3.05) is 0 Å².